The molecule has 2 nitrogen and oxygen atoms in total. The van der Waals surface area contributed by atoms with Crippen molar-refractivity contribution in [1.82, 2.24) is 0 Å². The number of hydrogen-bond donors (Lipinski definition) is 0. The van der Waals surface area contributed by atoms with Crippen LogP contribution >= 0.6 is 15.9 Å². The molecule has 0 aromatic heterocycles. The van der Waals surface area contributed by atoms with Gasteiger partial charge in [0.2, 0.25) is 0 Å². The molecule has 0 bridgehead atoms. The number of ether oxygens (including phenoxy) is 1. The van der Waals surface area contributed by atoms with Crippen LogP contribution < -0.4 is 0 Å². The molecule has 4 heteroatoms. The summed E-state index contributed by atoms with van der Waals surface area (Å²) in [5, 5.41) is 0. The van der Waals surface area contributed by atoms with Gasteiger partial charge in [0.1, 0.15) is 12.4 Å². The molecule has 92 valence electrons. The van der Waals surface area contributed by atoms with Gasteiger partial charge in [-0.3, -0.25) is 0 Å². The molecular weight excluding hydrogens is 299 g/mol. The number of benzene rings is 2. The van der Waals surface area contributed by atoms with Crippen molar-refractivity contribution < 1.29 is 13.9 Å². The van der Waals surface area contributed by atoms with Gasteiger partial charge in [-0.05, 0) is 45.8 Å². The molecule has 0 radical (unpaired) electrons. The van der Waals surface area contributed by atoms with Gasteiger partial charge in [-0.1, -0.05) is 24.3 Å². The van der Waals surface area contributed by atoms with Crippen molar-refractivity contribution in [2.45, 2.75) is 6.61 Å². The van der Waals surface area contributed by atoms with E-state index in [2.05, 4.69) is 15.9 Å². The first-order chi connectivity index (χ1) is 8.66. The van der Waals surface area contributed by atoms with E-state index < -0.39 is 5.97 Å². The van der Waals surface area contributed by atoms with E-state index in [1.54, 1.807) is 36.4 Å². The molecule has 2 rings (SSSR count). The Morgan fingerprint density at radius 1 is 1.17 bits per heavy atom. The van der Waals surface area contributed by atoms with Gasteiger partial charge in [0.25, 0.3) is 0 Å². The first kappa shape index (κ1) is 12.8. The molecule has 2 aromatic rings. The molecule has 0 atom stereocenters. The normalized spacial score (nSPS) is 10.1. The van der Waals surface area contributed by atoms with E-state index in [4.69, 9.17) is 4.74 Å². The summed E-state index contributed by atoms with van der Waals surface area (Å²) in [4.78, 5) is 11.6. The first-order valence-corrected chi connectivity index (χ1v) is 6.12. The number of esters is 1. The lowest BCUT2D eigenvalue weighted by Gasteiger charge is -2.05. The van der Waals surface area contributed by atoms with E-state index in [9.17, 15) is 9.18 Å². The number of hydrogen-bond acceptors (Lipinski definition) is 2. The van der Waals surface area contributed by atoms with Crippen molar-refractivity contribution in [3.8, 4) is 0 Å². The van der Waals surface area contributed by atoms with Crippen molar-refractivity contribution in [2.75, 3.05) is 0 Å². The summed E-state index contributed by atoms with van der Waals surface area (Å²) >= 11 is 3.06. The standard InChI is InChI=1S/C14H10BrFO2/c15-12-7-6-10(8-13(12)16)9-18-14(17)11-4-2-1-3-5-11/h1-8H,9H2. The van der Waals surface area contributed by atoms with Gasteiger partial charge in [-0.2, -0.15) is 0 Å². The van der Waals surface area contributed by atoms with Gasteiger partial charge in [-0.15, -0.1) is 0 Å². The third-order valence-electron chi connectivity index (χ3n) is 2.36. The molecule has 0 saturated carbocycles. The summed E-state index contributed by atoms with van der Waals surface area (Å²) < 4.78 is 18.7. The summed E-state index contributed by atoms with van der Waals surface area (Å²) in [7, 11) is 0. The average molecular weight is 309 g/mol. The largest absolute Gasteiger partial charge is 0.457 e. The number of rotatable bonds is 3. The predicted molar refractivity (Wildman–Crippen MR) is 69.7 cm³/mol. The lowest BCUT2D eigenvalue weighted by Crippen LogP contribution is -2.05. The highest BCUT2D eigenvalue weighted by Gasteiger charge is 2.07. The molecule has 2 aromatic carbocycles. The Morgan fingerprint density at radius 3 is 2.56 bits per heavy atom. The van der Waals surface area contributed by atoms with Crippen LogP contribution in [0.15, 0.2) is 53.0 Å². The van der Waals surface area contributed by atoms with Crippen LogP contribution in [0.2, 0.25) is 0 Å². The minimum atomic E-state index is -0.418. The van der Waals surface area contributed by atoms with Gasteiger partial charge < -0.3 is 4.74 Å². The second-order valence-electron chi connectivity index (χ2n) is 3.69. The number of halogens is 2. The summed E-state index contributed by atoms with van der Waals surface area (Å²) in [6.45, 7) is 0.0535. The summed E-state index contributed by atoms with van der Waals surface area (Å²) in [5.41, 5.74) is 1.09. The van der Waals surface area contributed by atoms with Gasteiger partial charge in [0, 0.05) is 0 Å². The predicted octanol–water partition coefficient (Wildman–Crippen LogP) is 3.95. The Hall–Kier alpha value is -1.68. The maximum Gasteiger partial charge on any atom is 0.338 e. The molecule has 0 aliphatic carbocycles. The minimum absolute atomic E-state index is 0.0535. The zero-order valence-corrected chi connectivity index (χ0v) is 11.0. The zero-order chi connectivity index (χ0) is 13.0. The van der Waals surface area contributed by atoms with Gasteiger partial charge >= 0.3 is 5.97 Å². The van der Waals surface area contributed by atoms with Crippen molar-refractivity contribution in [3.05, 3.63) is 69.9 Å². The van der Waals surface area contributed by atoms with Crippen LogP contribution in [0.4, 0.5) is 4.39 Å². The monoisotopic (exact) mass is 308 g/mol. The second kappa shape index (κ2) is 5.78. The molecule has 18 heavy (non-hydrogen) atoms. The summed E-state index contributed by atoms with van der Waals surface area (Å²) in [6, 6.07) is 13.3. The van der Waals surface area contributed by atoms with Crippen LogP contribution in [-0.4, -0.2) is 5.97 Å². The van der Waals surface area contributed by atoms with Crippen LogP contribution in [-0.2, 0) is 11.3 Å². The third kappa shape index (κ3) is 3.17. The minimum Gasteiger partial charge on any atom is -0.457 e. The quantitative estimate of drug-likeness (QED) is 0.803. The molecular formula is C14H10BrFO2. The third-order valence-corrected chi connectivity index (χ3v) is 3.01. The Morgan fingerprint density at radius 2 is 1.89 bits per heavy atom. The smallest absolute Gasteiger partial charge is 0.338 e. The highest BCUT2D eigenvalue weighted by Crippen LogP contribution is 2.17. The molecule has 0 amide bonds. The molecule has 0 heterocycles. The fourth-order valence-electron chi connectivity index (χ4n) is 1.44. The molecule has 0 unspecified atom stereocenters. The first-order valence-electron chi connectivity index (χ1n) is 5.33. The van der Waals surface area contributed by atoms with Crippen LogP contribution in [0.1, 0.15) is 15.9 Å². The summed E-state index contributed by atoms with van der Waals surface area (Å²) in [6.07, 6.45) is 0. The van der Waals surface area contributed by atoms with Gasteiger partial charge in [-0.25, -0.2) is 9.18 Å². The van der Waals surface area contributed by atoms with E-state index in [1.807, 2.05) is 6.07 Å². The molecule has 0 spiro atoms. The van der Waals surface area contributed by atoms with E-state index in [0.29, 0.717) is 15.6 Å². The van der Waals surface area contributed by atoms with E-state index in [1.165, 1.54) is 6.07 Å². The van der Waals surface area contributed by atoms with Crippen LogP contribution in [0.3, 0.4) is 0 Å². The van der Waals surface area contributed by atoms with Crippen molar-refractivity contribution >= 4 is 21.9 Å². The number of carbonyl (C=O) groups excluding carboxylic acids is 1. The SMILES string of the molecule is O=C(OCc1ccc(Br)c(F)c1)c1ccccc1. The fourth-order valence-corrected chi connectivity index (χ4v) is 1.68. The van der Waals surface area contributed by atoms with Gasteiger partial charge in [0.05, 0.1) is 10.0 Å². The van der Waals surface area contributed by atoms with Crippen molar-refractivity contribution in [2.24, 2.45) is 0 Å². The maximum absolute atomic E-state index is 13.2. The lowest BCUT2D eigenvalue weighted by atomic mass is 10.2. The Kier molecular flexibility index (Phi) is 4.10. The lowest BCUT2D eigenvalue weighted by molar-refractivity contribution is 0.0472. The average Bonchev–Trinajstić information content (AvgIpc) is 2.41. The topological polar surface area (TPSA) is 26.3 Å². The van der Waals surface area contributed by atoms with E-state index in [0.717, 1.165) is 0 Å². The molecule has 0 fully saturated rings. The van der Waals surface area contributed by atoms with Crippen LogP contribution in [0, 0.1) is 5.82 Å². The molecule has 0 aliphatic heterocycles. The van der Waals surface area contributed by atoms with E-state index >= 15 is 0 Å². The Bertz CT molecular complexity index is 555. The molecule has 0 saturated heterocycles. The zero-order valence-electron chi connectivity index (χ0n) is 9.40. The molecule has 0 aliphatic rings. The van der Waals surface area contributed by atoms with Gasteiger partial charge in [0.15, 0.2) is 0 Å². The highest BCUT2D eigenvalue weighted by molar-refractivity contribution is 9.10. The summed E-state index contributed by atoms with van der Waals surface area (Å²) in [5.74, 6) is -0.790. The molecule has 0 N–H and O–H groups in total. The second-order valence-corrected chi connectivity index (χ2v) is 4.54. The van der Waals surface area contributed by atoms with Crippen molar-refractivity contribution in [1.29, 1.82) is 0 Å². The Balaban J connectivity index is 1.99. The van der Waals surface area contributed by atoms with Crippen LogP contribution in [0.25, 0.3) is 0 Å². The number of carbonyl (C=O) groups is 1. The Labute approximate surface area is 113 Å². The van der Waals surface area contributed by atoms with E-state index in [-0.39, 0.29) is 12.4 Å². The highest BCUT2D eigenvalue weighted by atomic mass is 79.9. The van der Waals surface area contributed by atoms with Crippen LogP contribution in [0.5, 0.6) is 0 Å². The van der Waals surface area contributed by atoms with Crippen molar-refractivity contribution in [3.63, 3.8) is 0 Å². The maximum atomic E-state index is 13.2. The fraction of sp³-hybridized carbons (Fsp3) is 0.0714.